The second kappa shape index (κ2) is 6.88. The summed E-state index contributed by atoms with van der Waals surface area (Å²) >= 11 is 0. The molecule has 0 aliphatic heterocycles. The number of hydrogen-bond donors (Lipinski definition) is 0. The van der Waals surface area contributed by atoms with Crippen LogP contribution in [0.5, 0.6) is 0 Å². The van der Waals surface area contributed by atoms with Gasteiger partial charge in [-0.2, -0.15) is 5.26 Å². The molecule has 0 spiro atoms. The molecule has 0 aromatic carbocycles. The molecule has 0 heterocycles. The van der Waals surface area contributed by atoms with Crippen molar-refractivity contribution in [2.45, 2.75) is 6.04 Å². The molecule has 6 nitrogen and oxygen atoms in total. The number of aliphatic imine (C=N–C) groups is 1. The predicted octanol–water partition coefficient (Wildman–Crippen LogP) is 0.613. The van der Waals surface area contributed by atoms with E-state index in [0.717, 1.165) is 0 Å². The maximum absolute atomic E-state index is 9.89. The van der Waals surface area contributed by atoms with Crippen LogP contribution in [-0.4, -0.2) is 35.6 Å². The van der Waals surface area contributed by atoms with Crippen LogP contribution in [0.25, 0.3) is 4.51 Å². The van der Waals surface area contributed by atoms with Crippen molar-refractivity contribution in [3.63, 3.8) is 0 Å². The molecule has 0 bridgehead atoms. The minimum absolute atomic E-state index is 0.0248. The van der Waals surface area contributed by atoms with E-state index < -0.39 is 14.6 Å². The Hall–Kier alpha value is -1.50. The van der Waals surface area contributed by atoms with Crippen LogP contribution in [0, 0.1) is 23.8 Å². The average molecular weight is 225 g/mol. The van der Waals surface area contributed by atoms with Gasteiger partial charge in [0.2, 0.25) is 6.08 Å². The van der Waals surface area contributed by atoms with Gasteiger partial charge in [-0.1, -0.05) is 0 Å². The van der Waals surface area contributed by atoms with Crippen molar-refractivity contribution in [3.8, 4) is 6.07 Å². The molecule has 15 heavy (non-hydrogen) atoms. The van der Waals surface area contributed by atoms with E-state index in [0.29, 0.717) is 0 Å². The van der Waals surface area contributed by atoms with E-state index in [4.69, 9.17) is 20.7 Å². The van der Waals surface area contributed by atoms with E-state index in [-0.39, 0.29) is 12.6 Å². The summed E-state index contributed by atoms with van der Waals surface area (Å²) in [6.07, 6.45) is 1.35. The van der Waals surface area contributed by atoms with Crippen LogP contribution >= 0.6 is 0 Å². The van der Waals surface area contributed by atoms with E-state index in [1.54, 1.807) is 0 Å². The Kier molecular flexibility index (Phi) is 6.19. The third kappa shape index (κ3) is 4.02. The van der Waals surface area contributed by atoms with Crippen LogP contribution in [0.2, 0.25) is 6.04 Å². The number of rotatable bonds is 6. The fraction of sp³-hybridized carbons (Fsp3) is 0.625. The molecule has 0 fully saturated rings. The zero-order chi connectivity index (χ0) is 11.7. The second-order valence-electron chi connectivity index (χ2n) is 2.69. The summed E-state index contributed by atoms with van der Waals surface area (Å²) in [5.74, 6) is -0.549. The molecule has 0 saturated heterocycles. The molecule has 0 aromatic rings. The van der Waals surface area contributed by atoms with Crippen molar-refractivity contribution in [2.75, 3.05) is 20.8 Å². The normalized spacial score (nSPS) is 12.0. The van der Waals surface area contributed by atoms with Crippen LogP contribution < -0.4 is 0 Å². The SMILES string of the molecule is [C-]#[N+][Si](CC(C#N)CN=C=O)(OC)OC. The lowest BCUT2D eigenvalue weighted by Gasteiger charge is -2.13. The first kappa shape index (κ1) is 13.5. The summed E-state index contributed by atoms with van der Waals surface area (Å²) in [6.45, 7) is 7.00. The third-order valence-corrected chi connectivity index (χ3v) is 4.50. The topological polar surface area (TPSA) is 76.0 Å². The second-order valence-corrected chi connectivity index (χ2v) is 5.57. The van der Waals surface area contributed by atoms with Crippen molar-refractivity contribution >= 4 is 14.8 Å². The van der Waals surface area contributed by atoms with Crippen LogP contribution in [0.15, 0.2) is 4.99 Å². The Morgan fingerprint density at radius 3 is 2.53 bits per heavy atom. The third-order valence-electron chi connectivity index (χ3n) is 1.87. The fourth-order valence-corrected chi connectivity index (χ4v) is 2.61. The minimum Gasteiger partial charge on any atom is -0.362 e. The molecule has 1 atom stereocenters. The van der Waals surface area contributed by atoms with Gasteiger partial charge in [0.15, 0.2) is 0 Å². The van der Waals surface area contributed by atoms with Gasteiger partial charge in [0.05, 0.1) is 24.6 Å². The molecule has 80 valence electrons. The maximum Gasteiger partial charge on any atom is 0.772 e. The largest absolute Gasteiger partial charge is 0.772 e. The zero-order valence-electron chi connectivity index (χ0n) is 8.56. The number of hydrogen-bond acceptors (Lipinski definition) is 5. The van der Waals surface area contributed by atoms with Gasteiger partial charge in [-0.3, -0.25) is 6.57 Å². The van der Waals surface area contributed by atoms with Gasteiger partial charge < -0.3 is 13.4 Å². The molecule has 7 heteroatoms. The Balaban J connectivity index is 4.58. The summed E-state index contributed by atoms with van der Waals surface area (Å²) in [5.41, 5.74) is 0. The summed E-state index contributed by atoms with van der Waals surface area (Å²) in [7, 11) is -0.212. The van der Waals surface area contributed by atoms with Gasteiger partial charge in [-0.25, -0.2) is 9.79 Å². The van der Waals surface area contributed by atoms with Gasteiger partial charge in [0.1, 0.15) is 0 Å². The van der Waals surface area contributed by atoms with Gasteiger partial charge in [-0.05, 0) is 0 Å². The lowest BCUT2D eigenvalue weighted by Crippen LogP contribution is -2.38. The molecular formula is C8H11N3O3Si. The highest BCUT2D eigenvalue weighted by atomic mass is 28.4. The quantitative estimate of drug-likeness (QED) is 0.287. The summed E-state index contributed by atoms with van der Waals surface area (Å²) < 4.78 is 13.3. The van der Waals surface area contributed by atoms with Gasteiger partial charge >= 0.3 is 8.72 Å². The zero-order valence-corrected chi connectivity index (χ0v) is 9.56. The summed E-state index contributed by atoms with van der Waals surface area (Å²) in [4.78, 5) is 13.2. The Labute approximate surface area is 89.3 Å². The molecule has 0 N–H and O–H groups in total. The first-order valence-electron chi connectivity index (χ1n) is 4.10. The molecule has 0 aliphatic carbocycles. The lowest BCUT2D eigenvalue weighted by molar-refractivity contribution is 0.251. The fourth-order valence-electron chi connectivity index (χ4n) is 0.997. The molecule has 0 saturated carbocycles. The molecule has 0 rings (SSSR count). The van der Waals surface area contributed by atoms with Crippen LogP contribution in [0.4, 0.5) is 0 Å². The van der Waals surface area contributed by atoms with Crippen LogP contribution in [0.3, 0.4) is 0 Å². The minimum atomic E-state index is -2.97. The lowest BCUT2D eigenvalue weighted by atomic mass is 10.2. The van der Waals surface area contributed by atoms with Crippen LogP contribution in [-0.2, 0) is 13.6 Å². The van der Waals surface area contributed by atoms with Crippen molar-refractivity contribution in [2.24, 2.45) is 10.9 Å². The van der Waals surface area contributed by atoms with Crippen molar-refractivity contribution < 1.29 is 13.6 Å². The van der Waals surface area contributed by atoms with E-state index in [2.05, 4.69) is 9.50 Å². The number of nitrogens with zero attached hydrogens (tertiary/aromatic N) is 3. The average Bonchev–Trinajstić information content (AvgIpc) is 2.30. The van der Waals surface area contributed by atoms with Gasteiger partial charge in [-0.15, -0.1) is 0 Å². The van der Waals surface area contributed by atoms with Crippen LogP contribution in [0.1, 0.15) is 0 Å². The standard InChI is InChI=1S/C8H11N3O3Si/c1-10-15(13-2,14-3)6-8(4-9)5-11-7-12/h8H,5-6H2,2-3H3. The first-order chi connectivity index (χ1) is 7.17. The smallest absolute Gasteiger partial charge is 0.362 e. The van der Waals surface area contributed by atoms with Crippen molar-refractivity contribution in [1.82, 2.24) is 0 Å². The molecule has 0 amide bonds. The van der Waals surface area contributed by atoms with E-state index in [9.17, 15) is 4.79 Å². The maximum atomic E-state index is 9.89. The Morgan fingerprint density at radius 2 is 2.20 bits per heavy atom. The highest BCUT2D eigenvalue weighted by molar-refractivity contribution is 6.70. The molecule has 1 unspecified atom stereocenters. The van der Waals surface area contributed by atoms with E-state index in [1.165, 1.54) is 20.3 Å². The number of carbonyl (C=O) groups excluding carboxylic acids is 1. The highest BCUT2D eigenvalue weighted by Crippen LogP contribution is 2.19. The Bertz CT molecular complexity index is 323. The van der Waals surface area contributed by atoms with Crippen molar-refractivity contribution in [3.05, 3.63) is 11.1 Å². The molecule has 0 aliphatic rings. The molecular weight excluding hydrogens is 214 g/mol. The first-order valence-corrected chi connectivity index (χ1v) is 6.07. The highest BCUT2D eigenvalue weighted by Gasteiger charge is 2.52. The number of isocyanates is 1. The van der Waals surface area contributed by atoms with Gasteiger partial charge in [0.25, 0.3) is 0 Å². The monoisotopic (exact) mass is 225 g/mol. The number of nitriles is 1. The van der Waals surface area contributed by atoms with Crippen molar-refractivity contribution in [1.29, 1.82) is 5.26 Å². The van der Waals surface area contributed by atoms with Gasteiger partial charge in [0, 0.05) is 14.2 Å². The van der Waals surface area contributed by atoms with E-state index >= 15 is 0 Å². The Morgan fingerprint density at radius 1 is 1.60 bits per heavy atom. The molecule has 0 radical (unpaired) electrons. The summed E-state index contributed by atoms with van der Waals surface area (Å²) in [6, 6.07) is 2.13. The van der Waals surface area contributed by atoms with E-state index in [1.807, 2.05) is 6.07 Å². The predicted molar refractivity (Wildman–Crippen MR) is 53.3 cm³/mol. The molecule has 0 aromatic heterocycles. The summed E-state index contributed by atoms with van der Waals surface area (Å²) in [5, 5.41) is 8.77.